The van der Waals surface area contributed by atoms with Gasteiger partial charge in [0.1, 0.15) is 0 Å². The van der Waals surface area contributed by atoms with Crippen LogP contribution in [0.25, 0.3) is 10.9 Å². The molecule has 0 N–H and O–H groups in total. The molecule has 1 fully saturated rings. The molecule has 1 aromatic heterocycles. The Balaban J connectivity index is 1.91. The zero-order chi connectivity index (χ0) is 13.6. The second-order valence-electron chi connectivity index (χ2n) is 5.86. The quantitative estimate of drug-likeness (QED) is 0.770. The van der Waals surface area contributed by atoms with E-state index in [9.17, 15) is 4.79 Å². The van der Waals surface area contributed by atoms with E-state index in [0.29, 0.717) is 11.8 Å². The number of aromatic nitrogens is 1. The number of carbonyl (C=O) groups excluding carboxylic acids is 1. The number of hydrogen-bond acceptors (Lipinski definition) is 1. The number of hydrogen-bond donors (Lipinski definition) is 0. The lowest BCUT2D eigenvalue weighted by Gasteiger charge is -2.16. The average molecular weight is 256 g/mol. The summed E-state index contributed by atoms with van der Waals surface area (Å²) in [7, 11) is 2.01. The summed E-state index contributed by atoms with van der Waals surface area (Å²) < 4.78 is 2.06. The van der Waals surface area contributed by atoms with E-state index >= 15 is 0 Å². The van der Waals surface area contributed by atoms with Gasteiger partial charge < -0.3 is 9.47 Å². The summed E-state index contributed by atoms with van der Waals surface area (Å²) in [6.45, 7) is 6.20. The van der Waals surface area contributed by atoms with Gasteiger partial charge in [-0.15, -0.1) is 0 Å². The standard InChI is InChI=1S/C16H20N2O/c1-11-9-18(10-12(11)2)16(19)14-5-4-13-6-7-17(3)15(13)8-14/h4-8,11-12H,9-10H2,1-3H3. The predicted octanol–water partition coefficient (Wildman–Crippen LogP) is 2.91. The number of amides is 1. The lowest BCUT2D eigenvalue weighted by molar-refractivity contribution is 0.0785. The second kappa shape index (κ2) is 4.41. The SMILES string of the molecule is CC1CN(C(=O)c2ccc3ccn(C)c3c2)CC1C. The van der Waals surface area contributed by atoms with Gasteiger partial charge in [0.05, 0.1) is 0 Å². The maximum absolute atomic E-state index is 12.5. The highest BCUT2D eigenvalue weighted by Gasteiger charge is 2.29. The van der Waals surface area contributed by atoms with Crippen LogP contribution in [-0.2, 0) is 7.05 Å². The van der Waals surface area contributed by atoms with Crippen LogP contribution < -0.4 is 0 Å². The maximum Gasteiger partial charge on any atom is 0.253 e. The molecule has 2 heterocycles. The van der Waals surface area contributed by atoms with E-state index in [0.717, 1.165) is 24.2 Å². The van der Waals surface area contributed by atoms with Crippen LogP contribution in [0.3, 0.4) is 0 Å². The molecule has 1 aliphatic rings. The Bertz CT molecular complexity index is 619. The molecule has 1 aliphatic heterocycles. The molecule has 3 nitrogen and oxygen atoms in total. The van der Waals surface area contributed by atoms with E-state index in [2.05, 4.69) is 24.5 Å². The molecule has 0 spiro atoms. The zero-order valence-corrected chi connectivity index (χ0v) is 11.8. The first-order chi connectivity index (χ1) is 9.06. The lowest BCUT2D eigenvalue weighted by Crippen LogP contribution is -2.28. The third-order valence-corrected chi connectivity index (χ3v) is 4.41. The number of fused-ring (bicyclic) bond motifs is 1. The molecule has 3 heteroatoms. The molecule has 0 aliphatic carbocycles. The van der Waals surface area contributed by atoms with Crippen molar-refractivity contribution in [1.82, 2.24) is 9.47 Å². The predicted molar refractivity (Wildman–Crippen MR) is 77.2 cm³/mol. The van der Waals surface area contributed by atoms with Gasteiger partial charge in [-0.1, -0.05) is 19.9 Å². The fourth-order valence-electron chi connectivity index (χ4n) is 2.87. The first-order valence-corrected chi connectivity index (χ1v) is 6.90. The number of carbonyl (C=O) groups is 1. The van der Waals surface area contributed by atoms with Crippen LogP contribution in [-0.4, -0.2) is 28.5 Å². The number of rotatable bonds is 1. The number of likely N-dealkylation sites (tertiary alicyclic amines) is 1. The lowest BCUT2D eigenvalue weighted by atomic mass is 10.0. The molecule has 0 saturated carbocycles. The molecule has 2 aromatic rings. The Morgan fingerprint density at radius 1 is 1.16 bits per heavy atom. The molecule has 19 heavy (non-hydrogen) atoms. The fourth-order valence-corrected chi connectivity index (χ4v) is 2.87. The van der Waals surface area contributed by atoms with Crippen molar-refractivity contribution in [1.29, 1.82) is 0 Å². The number of nitrogens with zero attached hydrogens (tertiary/aromatic N) is 2. The Kier molecular flexibility index (Phi) is 2.85. The molecular weight excluding hydrogens is 236 g/mol. The fraction of sp³-hybridized carbons (Fsp3) is 0.438. The van der Waals surface area contributed by atoms with Crippen molar-refractivity contribution < 1.29 is 4.79 Å². The van der Waals surface area contributed by atoms with E-state index < -0.39 is 0 Å². The topological polar surface area (TPSA) is 25.2 Å². The summed E-state index contributed by atoms with van der Waals surface area (Å²) in [4.78, 5) is 14.5. The van der Waals surface area contributed by atoms with E-state index in [-0.39, 0.29) is 5.91 Å². The molecule has 3 rings (SSSR count). The molecular formula is C16H20N2O. The minimum absolute atomic E-state index is 0.166. The zero-order valence-electron chi connectivity index (χ0n) is 11.8. The van der Waals surface area contributed by atoms with Gasteiger partial charge in [-0.05, 0) is 35.4 Å². The number of aryl methyl sites for hydroxylation is 1. The van der Waals surface area contributed by atoms with Gasteiger partial charge in [-0.2, -0.15) is 0 Å². The van der Waals surface area contributed by atoms with E-state index in [4.69, 9.17) is 0 Å². The molecule has 2 atom stereocenters. The van der Waals surface area contributed by atoms with Crippen LogP contribution in [0, 0.1) is 11.8 Å². The highest BCUT2D eigenvalue weighted by molar-refractivity contribution is 5.98. The van der Waals surface area contributed by atoms with Gasteiger partial charge in [0, 0.05) is 37.4 Å². The molecule has 0 bridgehead atoms. The van der Waals surface area contributed by atoms with Crippen LogP contribution >= 0.6 is 0 Å². The van der Waals surface area contributed by atoms with Crippen LogP contribution in [0.4, 0.5) is 0 Å². The third kappa shape index (κ3) is 2.03. The van der Waals surface area contributed by atoms with E-state index in [1.807, 2.05) is 36.3 Å². The summed E-state index contributed by atoms with van der Waals surface area (Å²) in [5.41, 5.74) is 1.92. The first kappa shape index (κ1) is 12.3. The molecule has 2 unspecified atom stereocenters. The Labute approximate surface area is 113 Å². The van der Waals surface area contributed by atoms with Crippen molar-refractivity contribution in [2.24, 2.45) is 18.9 Å². The molecule has 0 radical (unpaired) electrons. The second-order valence-corrected chi connectivity index (χ2v) is 5.86. The maximum atomic E-state index is 12.5. The van der Waals surface area contributed by atoms with E-state index in [1.54, 1.807) is 0 Å². The largest absolute Gasteiger partial charge is 0.351 e. The van der Waals surface area contributed by atoms with Crippen molar-refractivity contribution in [2.45, 2.75) is 13.8 Å². The van der Waals surface area contributed by atoms with Crippen molar-refractivity contribution in [3.05, 3.63) is 36.0 Å². The van der Waals surface area contributed by atoms with Gasteiger partial charge in [0.25, 0.3) is 5.91 Å². The summed E-state index contributed by atoms with van der Waals surface area (Å²) in [6.07, 6.45) is 2.03. The Hall–Kier alpha value is -1.77. The monoisotopic (exact) mass is 256 g/mol. The molecule has 1 saturated heterocycles. The van der Waals surface area contributed by atoms with Gasteiger partial charge in [0.2, 0.25) is 0 Å². The highest BCUT2D eigenvalue weighted by Crippen LogP contribution is 2.25. The minimum Gasteiger partial charge on any atom is -0.351 e. The van der Waals surface area contributed by atoms with Crippen molar-refractivity contribution in [2.75, 3.05) is 13.1 Å². The summed E-state index contributed by atoms with van der Waals surface area (Å²) in [5.74, 6) is 1.37. The van der Waals surface area contributed by atoms with Gasteiger partial charge >= 0.3 is 0 Å². The normalized spacial score (nSPS) is 23.2. The smallest absolute Gasteiger partial charge is 0.253 e. The van der Waals surface area contributed by atoms with Crippen molar-refractivity contribution in [3.8, 4) is 0 Å². The van der Waals surface area contributed by atoms with Gasteiger partial charge in [-0.25, -0.2) is 0 Å². The average Bonchev–Trinajstić information content (AvgIpc) is 2.93. The highest BCUT2D eigenvalue weighted by atomic mass is 16.2. The minimum atomic E-state index is 0.166. The Morgan fingerprint density at radius 3 is 2.53 bits per heavy atom. The third-order valence-electron chi connectivity index (χ3n) is 4.41. The van der Waals surface area contributed by atoms with Crippen LogP contribution in [0.15, 0.2) is 30.5 Å². The molecule has 1 aromatic carbocycles. The van der Waals surface area contributed by atoms with Gasteiger partial charge in [-0.3, -0.25) is 4.79 Å². The van der Waals surface area contributed by atoms with Crippen LogP contribution in [0.2, 0.25) is 0 Å². The number of benzene rings is 1. The molecule has 100 valence electrons. The summed E-state index contributed by atoms with van der Waals surface area (Å²) >= 11 is 0. The molecule has 1 amide bonds. The Morgan fingerprint density at radius 2 is 1.84 bits per heavy atom. The summed E-state index contributed by atoms with van der Waals surface area (Å²) in [6, 6.07) is 8.05. The van der Waals surface area contributed by atoms with Crippen molar-refractivity contribution in [3.63, 3.8) is 0 Å². The summed E-state index contributed by atoms with van der Waals surface area (Å²) in [5, 5.41) is 1.18. The van der Waals surface area contributed by atoms with Crippen LogP contribution in [0.5, 0.6) is 0 Å². The first-order valence-electron chi connectivity index (χ1n) is 6.90. The van der Waals surface area contributed by atoms with Crippen LogP contribution in [0.1, 0.15) is 24.2 Å². The van der Waals surface area contributed by atoms with E-state index in [1.165, 1.54) is 5.39 Å². The van der Waals surface area contributed by atoms with Crippen molar-refractivity contribution >= 4 is 16.8 Å². The van der Waals surface area contributed by atoms with Gasteiger partial charge in [0.15, 0.2) is 0 Å².